The topological polar surface area (TPSA) is 95.6 Å². The van der Waals surface area contributed by atoms with Crippen LogP contribution in [0.15, 0.2) is 18.2 Å². The smallest absolute Gasteiger partial charge is 0.319 e. The maximum atomic E-state index is 12.1. The lowest BCUT2D eigenvalue weighted by atomic mass is 10.1. The predicted molar refractivity (Wildman–Crippen MR) is 96.5 cm³/mol. The number of benzene rings is 1. The van der Waals surface area contributed by atoms with E-state index in [4.69, 9.17) is 0 Å². The lowest BCUT2D eigenvalue weighted by Crippen LogP contribution is -2.33. The zero-order chi connectivity index (χ0) is 18.0. The van der Waals surface area contributed by atoms with Gasteiger partial charge in [0.15, 0.2) is 9.84 Å². The van der Waals surface area contributed by atoms with E-state index in [0.717, 1.165) is 17.7 Å². The summed E-state index contributed by atoms with van der Waals surface area (Å²) in [7, 11) is -2.94. The lowest BCUT2D eigenvalue weighted by molar-refractivity contribution is -0.117. The zero-order valence-electron chi connectivity index (χ0n) is 14.2. The van der Waals surface area contributed by atoms with Gasteiger partial charge in [-0.25, -0.2) is 13.2 Å². The third-order valence-corrected chi connectivity index (χ3v) is 6.57. The number of urea groups is 1. The van der Waals surface area contributed by atoms with E-state index >= 15 is 0 Å². The zero-order valence-corrected chi connectivity index (χ0v) is 15.1. The highest BCUT2D eigenvalue weighted by molar-refractivity contribution is 7.91. The second-order valence-corrected chi connectivity index (χ2v) is 8.98. The van der Waals surface area contributed by atoms with E-state index < -0.39 is 9.84 Å². The summed E-state index contributed by atoms with van der Waals surface area (Å²) in [6, 6.07) is 5.20. The first-order chi connectivity index (χ1) is 11.8. The largest absolute Gasteiger partial charge is 0.338 e. The van der Waals surface area contributed by atoms with Crippen molar-refractivity contribution in [2.45, 2.75) is 26.2 Å². The van der Waals surface area contributed by atoms with E-state index in [9.17, 15) is 18.0 Å². The molecule has 2 aliphatic rings. The van der Waals surface area contributed by atoms with Gasteiger partial charge in [0.1, 0.15) is 0 Å². The highest BCUT2D eigenvalue weighted by atomic mass is 32.2. The summed E-state index contributed by atoms with van der Waals surface area (Å²) in [4.78, 5) is 25.7. The summed E-state index contributed by atoms with van der Waals surface area (Å²) < 4.78 is 22.9. The van der Waals surface area contributed by atoms with Crippen molar-refractivity contribution in [3.63, 3.8) is 0 Å². The molecule has 2 saturated heterocycles. The van der Waals surface area contributed by atoms with Crippen molar-refractivity contribution in [2.75, 3.05) is 34.8 Å². The molecule has 1 aromatic rings. The molecule has 2 fully saturated rings. The van der Waals surface area contributed by atoms with Gasteiger partial charge < -0.3 is 15.5 Å². The van der Waals surface area contributed by atoms with Gasteiger partial charge in [-0.05, 0) is 43.4 Å². The number of sulfone groups is 1. The summed E-state index contributed by atoms with van der Waals surface area (Å²) in [6.07, 6.45) is 2.00. The number of nitrogens with one attached hydrogen (secondary N) is 2. The van der Waals surface area contributed by atoms with Crippen LogP contribution >= 0.6 is 0 Å². The monoisotopic (exact) mass is 365 g/mol. The Labute approximate surface area is 147 Å². The minimum Gasteiger partial charge on any atom is -0.338 e. The first-order valence-corrected chi connectivity index (χ1v) is 10.3. The van der Waals surface area contributed by atoms with Crippen molar-refractivity contribution < 1.29 is 18.0 Å². The summed E-state index contributed by atoms with van der Waals surface area (Å²) in [6.45, 7) is 2.92. The second kappa shape index (κ2) is 7.03. The van der Waals surface area contributed by atoms with Crippen LogP contribution in [-0.2, 0) is 14.6 Å². The molecule has 0 radical (unpaired) electrons. The highest BCUT2D eigenvalue weighted by Gasteiger charge is 2.28. The molecule has 2 heterocycles. The molecule has 25 heavy (non-hydrogen) atoms. The molecule has 0 unspecified atom stereocenters. The van der Waals surface area contributed by atoms with Gasteiger partial charge >= 0.3 is 6.03 Å². The number of amides is 3. The molecule has 1 atom stereocenters. The molecule has 0 aromatic heterocycles. The van der Waals surface area contributed by atoms with Crippen LogP contribution in [0.25, 0.3) is 0 Å². The van der Waals surface area contributed by atoms with Crippen molar-refractivity contribution in [1.82, 2.24) is 5.32 Å². The van der Waals surface area contributed by atoms with Gasteiger partial charge in [-0.3, -0.25) is 4.79 Å². The Kier molecular flexibility index (Phi) is 4.99. The first kappa shape index (κ1) is 17.7. The predicted octanol–water partition coefficient (Wildman–Crippen LogP) is 1.68. The fourth-order valence-electron chi connectivity index (χ4n) is 3.27. The van der Waals surface area contributed by atoms with Crippen LogP contribution in [0.4, 0.5) is 16.2 Å². The average Bonchev–Trinajstić information content (AvgIpc) is 3.13. The third kappa shape index (κ3) is 4.31. The van der Waals surface area contributed by atoms with E-state index in [0.29, 0.717) is 31.6 Å². The molecule has 8 heteroatoms. The van der Waals surface area contributed by atoms with Crippen LogP contribution in [0.2, 0.25) is 0 Å². The first-order valence-electron chi connectivity index (χ1n) is 8.50. The Morgan fingerprint density at radius 2 is 2.16 bits per heavy atom. The number of hydrogen-bond donors (Lipinski definition) is 2. The average molecular weight is 365 g/mol. The lowest BCUT2D eigenvalue weighted by Gasteiger charge is -2.18. The minimum absolute atomic E-state index is 0.0228. The van der Waals surface area contributed by atoms with Crippen LogP contribution in [-0.4, -0.2) is 45.0 Å². The van der Waals surface area contributed by atoms with Crippen molar-refractivity contribution in [2.24, 2.45) is 5.92 Å². The summed E-state index contributed by atoms with van der Waals surface area (Å²) >= 11 is 0. The standard InChI is InChI=1S/C17H23N3O4S/c1-12-4-5-14(20-7-2-3-16(20)21)9-15(12)19-17(22)18-10-13-6-8-25(23,24)11-13/h4-5,9,13H,2-3,6-8,10-11H2,1H3,(H2,18,19,22)/t13-/m1/s1. The van der Waals surface area contributed by atoms with Crippen LogP contribution < -0.4 is 15.5 Å². The molecular formula is C17H23N3O4S. The molecule has 0 bridgehead atoms. The molecule has 2 aliphatic heterocycles. The van der Waals surface area contributed by atoms with Crippen molar-refractivity contribution >= 4 is 33.2 Å². The van der Waals surface area contributed by atoms with E-state index in [-0.39, 0.29) is 29.4 Å². The molecule has 1 aromatic carbocycles. The SMILES string of the molecule is Cc1ccc(N2CCCC2=O)cc1NC(=O)NC[C@H]1CCS(=O)(=O)C1. The Morgan fingerprint density at radius 3 is 2.80 bits per heavy atom. The van der Waals surface area contributed by atoms with Crippen molar-refractivity contribution in [3.05, 3.63) is 23.8 Å². The Hall–Kier alpha value is -2.09. The van der Waals surface area contributed by atoms with Crippen LogP contribution in [0.1, 0.15) is 24.8 Å². The van der Waals surface area contributed by atoms with Gasteiger partial charge in [0.05, 0.1) is 11.5 Å². The normalized spacial score (nSPS) is 22.2. The van der Waals surface area contributed by atoms with Gasteiger partial charge in [0, 0.05) is 30.9 Å². The summed E-state index contributed by atoms with van der Waals surface area (Å²) in [5.74, 6) is 0.414. The van der Waals surface area contributed by atoms with Gasteiger partial charge in [-0.1, -0.05) is 6.07 Å². The van der Waals surface area contributed by atoms with Crippen LogP contribution in [0, 0.1) is 12.8 Å². The fraction of sp³-hybridized carbons (Fsp3) is 0.529. The number of carbonyl (C=O) groups excluding carboxylic acids is 2. The van der Waals surface area contributed by atoms with Crippen LogP contribution in [0.5, 0.6) is 0 Å². The van der Waals surface area contributed by atoms with Gasteiger partial charge in [-0.15, -0.1) is 0 Å². The maximum absolute atomic E-state index is 12.1. The second-order valence-electron chi connectivity index (χ2n) is 6.75. The van der Waals surface area contributed by atoms with Crippen molar-refractivity contribution in [1.29, 1.82) is 0 Å². The van der Waals surface area contributed by atoms with E-state index in [1.165, 1.54) is 0 Å². The van der Waals surface area contributed by atoms with Crippen molar-refractivity contribution in [3.8, 4) is 0 Å². The number of anilines is 2. The van der Waals surface area contributed by atoms with Crippen LogP contribution in [0.3, 0.4) is 0 Å². The molecule has 136 valence electrons. The summed E-state index contributed by atoms with van der Waals surface area (Å²) in [5.41, 5.74) is 2.33. The molecule has 2 N–H and O–H groups in total. The maximum Gasteiger partial charge on any atom is 0.319 e. The molecule has 7 nitrogen and oxygen atoms in total. The Morgan fingerprint density at radius 1 is 1.36 bits per heavy atom. The van der Waals surface area contributed by atoms with Gasteiger partial charge in [-0.2, -0.15) is 0 Å². The van der Waals surface area contributed by atoms with E-state index in [2.05, 4.69) is 10.6 Å². The quantitative estimate of drug-likeness (QED) is 0.848. The molecular weight excluding hydrogens is 342 g/mol. The number of hydrogen-bond acceptors (Lipinski definition) is 4. The number of aryl methyl sites for hydroxylation is 1. The number of nitrogens with zero attached hydrogens (tertiary/aromatic N) is 1. The van der Waals surface area contributed by atoms with E-state index in [1.54, 1.807) is 11.0 Å². The Bertz CT molecular complexity index is 791. The van der Waals surface area contributed by atoms with Gasteiger partial charge in [0.25, 0.3) is 0 Å². The molecule has 3 amide bonds. The third-order valence-electron chi connectivity index (χ3n) is 4.73. The molecule has 0 saturated carbocycles. The number of carbonyl (C=O) groups is 2. The van der Waals surface area contributed by atoms with E-state index in [1.807, 2.05) is 19.1 Å². The number of rotatable bonds is 4. The molecule has 0 aliphatic carbocycles. The molecule has 3 rings (SSSR count). The molecule has 0 spiro atoms. The fourth-order valence-corrected chi connectivity index (χ4v) is 5.13. The minimum atomic E-state index is -2.94. The highest BCUT2D eigenvalue weighted by Crippen LogP contribution is 2.26. The summed E-state index contributed by atoms with van der Waals surface area (Å²) in [5, 5.41) is 5.54. The van der Waals surface area contributed by atoms with Gasteiger partial charge in [0.2, 0.25) is 5.91 Å². The Balaban J connectivity index is 1.60.